The van der Waals surface area contributed by atoms with E-state index >= 15 is 0 Å². The van der Waals surface area contributed by atoms with Gasteiger partial charge in [0.2, 0.25) is 47.3 Å². The lowest BCUT2D eigenvalue weighted by atomic mass is 10.0. The Morgan fingerprint density at radius 1 is 0.608 bits per heavy atom. The number of guanidine groups is 1. The van der Waals surface area contributed by atoms with Gasteiger partial charge in [-0.1, -0.05) is 58.3 Å². The van der Waals surface area contributed by atoms with Crippen molar-refractivity contribution in [2.75, 3.05) is 39.4 Å². The van der Waals surface area contributed by atoms with E-state index < -0.39 is 164 Å². The number of carboxylic acids is 2. The first-order valence-electron chi connectivity index (χ1n) is 27.0. The van der Waals surface area contributed by atoms with Crippen molar-refractivity contribution in [3.63, 3.8) is 0 Å². The second kappa shape index (κ2) is 31.7. The van der Waals surface area contributed by atoms with Crippen LogP contribution in [0.3, 0.4) is 0 Å². The summed E-state index contributed by atoms with van der Waals surface area (Å²) < 4.78 is 5.71. The molecule has 4 rings (SSSR count). The number of aliphatic carboxylic acids is 2. The van der Waals surface area contributed by atoms with Crippen LogP contribution in [0.2, 0.25) is 0 Å². The molecule has 4 heterocycles. The summed E-state index contributed by atoms with van der Waals surface area (Å²) in [6, 6.07) is -15.0. The van der Waals surface area contributed by atoms with Crippen LogP contribution in [0.1, 0.15) is 122 Å². The van der Waals surface area contributed by atoms with Gasteiger partial charge in [0.1, 0.15) is 48.4 Å². The predicted octanol–water partition coefficient (Wildman–Crippen LogP) is -5.48. The van der Waals surface area contributed by atoms with Crippen LogP contribution in [-0.2, 0) is 57.5 Å². The smallest absolute Gasteiger partial charge is 0.335 e. The number of fused-ring (bicyclic) bond motifs is 3. The van der Waals surface area contributed by atoms with Gasteiger partial charge >= 0.3 is 17.9 Å². The Bertz CT molecular complexity index is 2200. The first-order chi connectivity index (χ1) is 37.6. The maximum Gasteiger partial charge on any atom is 0.335 e. The Kier molecular flexibility index (Phi) is 26.0. The second-order valence-corrected chi connectivity index (χ2v) is 20.2. The molecule has 4 saturated heterocycles. The topological polar surface area (TPSA) is 473 Å². The molecule has 0 bridgehead atoms. The number of rotatable bonds is 20. The fourth-order valence-corrected chi connectivity index (χ4v) is 10.1. The van der Waals surface area contributed by atoms with Gasteiger partial charge < -0.3 is 93.2 Å². The monoisotopic (exact) mass is 1130 g/mol. The number of esters is 1. The highest BCUT2D eigenvalue weighted by molar-refractivity contribution is 6.00. The van der Waals surface area contributed by atoms with E-state index in [2.05, 4.69) is 22.5 Å². The first kappa shape index (κ1) is 64.8. The van der Waals surface area contributed by atoms with Gasteiger partial charge in [0.25, 0.3) is 0 Å². The maximum absolute atomic E-state index is 14.2. The zero-order chi connectivity index (χ0) is 58.5. The van der Waals surface area contributed by atoms with Gasteiger partial charge in [-0.15, -0.1) is 0 Å². The minimum Gasteiger partial charge on any atom is -0.479 e. The molecule has 0 spiro atoms. The summed E-state index contributed by atoms with van der Waals surface area (Å²) >= 11 is 0. The highest BCUT2D eigenvalue weighted by atomic mass is 16.5. The SMILES string of the molecule is CCCCCCCCCCCC1CC(=O)N2CCC[C@H]2C(=O)N[C@@H](CO)C(=O)N2CCC[C@H]2C(=O)N[C@@H](CCCN=C(N)N)C(=O)N[C@@H](C(O)C(=O)O)C(=O)N[C@H](CO)C(=O)N2CC[C@H](O)[C@H]2C(=O)N[C@H](C(O)C(=O)O)C(=O)O1. The van der Waals surface area contributed by atoms with Gasteiger partial charge in [-0.05, 0) is 57.8 Å². The zero-order valence-electron chi connectivity index (χ0n) is 44.4. The van der Waals surface area contributed by atoms with E-state index in [0.29, 0.717) is 24.2 Å². The van der Waals surface area contributed by atoms with E-state index in [9.17, 15) is 88.5 Å². The molecule has 16 N–H and O–H groups in total. The number of carbonyl (C=O) groups is 11. The van der Waals surface area contributed by atoms with E-state index in [4.69, 9.17) is 16.2 Å². The Hall–Kier alpha value is -6.76. The van der Waals surface area contributed by atoms with Crippen molar-refractivity contribution in [1.29, 1.82) is 0 Å². The molecule has 3 unspecified atom stereocenters. The summed E-state index contributed by atoms with van der Waals surface area (Å²) in [5, 5.41) is 84.1. The van der Waals surface area contributed by atoms with E-state index in [1.165, 1.54) is 4.90 Å². The molecular formula is C49H79N11O19. The van der Waals surface area contributed by atoms with Gasteiger partial charge in [0, 0.05) is 26.2 Å². The lowest BCUT2D eigenvalue weighted by Crippen LogP contribution is -2.64. The van der Waals surface area contributed by atoms with Crippen molar-refractivity contribution < 1.29 is 93.2 Å². The molecule has 12 atom stereocenters. The Balaban J connectivity index is 1.76. The third-order valence-electron chi connectivity index (χ3n) is 14.4. The molecular weight excluding hydrogens is 1050 g/mol. The van der Waals surface area contributed by atoms with Crippen LogP contribution in [0, 0.1) is 0 Å². The number of cyclic esters (lactones) is 1. The minimum absolute atomic E-state index is 0.00755. The quantitative estimate of drug-likeness (QED) is 0.0234. The van der Waals surface area contributed by atoms with Crippen molar-refractivity contribution in [2.45, 2.75) is 195 Å². The molecule has 4 aliphatic heterocycles. The molecule has 444 valence electrons. The van der Waals surface area contributed by atoms with Crippen LogP contribution in [0.5, 0.6) is 0 Å². The molecule has 0 aromatic heterocycles. The molecule has 8 amide bonds. The van der Waals surface area contributed by atoms with Gasteiger partial charge in [0.05, 0.1) is 25.7 Å². The molecule has 79 heavy (non-hydrogen) atoms. The molecule has 4 fully saturated rings. The number of unbranched alkanes of at least 4 members (excludes halogenated alkanes) is 8. The van der Waals surface area contributed by atoms with Crippen LogP contribution in [-0.4, -0.2) is 234 Å². The lowest BCUT2D eigenvalue weighted by Gasteiger charge is -2.32. The van der Waals surface area contributed by atoms with Crippen LogP contribution < -0.4 is 38.1 Å². The van der Waals surface area contributed by atoms with Crippen molar-refractivity contribution in [3.8, 4) is 0 Å². The molecule has 0 radical (unpaired) electrons. The summed E-state index contributed by atoms with van der Waals surface area (Å²) in [6.07, 6.45) is -1.30. The predicted molar refractivity (Wildman–Crippen MR) is 273 cm³/mol. The van der Waals surface area contributed by atoms with E-state index in [1.54, 1.807) is 0 Å². The third kappa shape index (κ3) is 18.4. The molecule has 30 heteroatoms. The fraction of sp³-hybridized carbons (Fsp3) is 0.755. The van der Waals surface area contributed by atoms with Gasteiger partial charge in [-0.3, -0.25) is 43.3 Å². The largest absolute Gasteiger partial charge is 0.479 e. The van der Waals surface area contributed by atoms with Gasteiger partial charge in [0.15, 0.2) is 24.2 Å². The van der Waals surface area contributed by atoms with Crippen molar-refractivity contribution in [3.05, 3.63) is 0 Å². The summed E-state index contributed by atoms with van der Waals surface area (Å²) in [6.45, 7) is -0.807. The van der Waals surface area contributed by atoms with Crippen LogP contribution in [0.25, 0.3) is 0 Å². The summed E-state index contributed by atoms with van der Waals surface area (Å²) in [7, 11) is 0. The second-order valence-electron chi connectivity index (χ2n) is 20.2. The highest BCUT2D eigenvalue weighted by Gasteiger charge is 2.48. The summed E-state index contributed by atoms with van der Waals surface area (Å²) in [5.41, 5.74) is 10.9. The minimum atomic E-state index is -2.77. The Morgan fingerprint density at radius 2 is 1.11 bits per heavy atom. The number of nitrogens with two attached hydrogens (primary N) is 2. The summed E-state index contributed by atoms with van der Waals surface area (Å²) in [5.74, 6) is -15.1. The molecule has 30 nitrogen and oxygen atoms in total. The Morgan fingerprint density at radius 3 is 1.68 bits per heavy atom. The average molecular weight is 1130 g/mol. The number of hydrogen-bond donors (Lipinski definition) is 14. The number of hydrogen-bond acceptors (Lipinski definition) is 18. The number of amides is 8. The van der Waals surface area contributed by atoms with Crippen molar-refractivity contribution in [1.82, 2.24) is 41.3 Å². The van der Waals surface area contributed by atoms with Crippen LogP contribution in [0.4, 0.5) is 0 Å². The third-order valence-corrected chi connectivity index (χ3v) is 14.4. The number of aliphatic imine (C=N–C) groups is 1. The standard InChI is InChI=1S/C49H79N11O19/c1-2-3-4-5-6-7-8-9-10-14-26-23-33(64)58-20-12-16-30(58)40(68)54-28(24-61)44(72)59-21-13-17-31(59)41(69)53-27(15-11-19-52-49(50)51)39(67)56-34(37(65)46(74)75)42(70)55-29(25-62)45(73)60-22-18-32(63)36(60)43(71)57-35(48(78)79-26)38(66)47(76)77/h26-32,34-38,61-63,65-66H,2-25H2,1H3,(H,53,69)(H,54,68)(H,55,70)(H,56,67)(H,57,71)(H,74,75)(H,76,77)(H4,50,51,52)/t26?,27-,28-,29+,30-,31-,32-,34-,35+,36-,37?,38?/m0/s1. The van der Waals surface area contributed by atoms with E-state index in [0.717, 1.165) is 49.8 Å². The number of ether oxygens (including phenoxy) is 1. The lowest BCUT2D eigenvalue weighted by molar-refractivity contribution is -0.166. The van der Waals surface area contributed by atoms with Crippen LogP contribution >= 0.6 is 0 Å². The normalized spacial score (nSPS) is 28.1. The van der Waals surface area contributed by atoms with Gasteiger partial charge in [-0.2, -0.15) is 0 Å². The van der Waals surface area contributed by atoms with E-state index in [-0.39, 0.29) is 70.5 Å². The highest BCUT2D eigenvalue weighted by Crippen LogP contribution is 2.25. The van der Waals surface area contributed by atoms with Crippen molar-refractivity contribution in [2.24, 2.45) is 16.5 Å². The van der Waals surface area contributed by atoms with Gasteiger partial charge in [-0.25, -0.2) is 14.4 Å². The fourth-order valence-electron chi connectivity index (χ4n) is 10.1. The number of carbonyl (C=O) groups excluding carboxylic acids is 9. The molecule has 0 aliphatic carbocycles. The molecule has 4 aliphatic rings. The number of nitrogens with one attached hydrogen (secondary N) is 5. The van der Waals surface area contributed by atoms with Crippen LogP contribution in [0.15, 0.2) is 4.99 Å². The zero-order valence-corrected chi connectivity index (χ0v) is 44.4. The summed E-state index contributed by atoms with van der Waals surface area (Å²) in [4.78, 5) is 157. The maximum atomic E-state index is 14.2. The number of carboxylic acid groups (broad SMARTS) is 2. The number of aliphatic hydroxyl groups excluding tert-OH is 5. The number of aliphatic hydroxyl groups is 5. The first-order valence-corrected chi connectivity index (χ1v) is 27.0. The average Bonchev–Trinajstić information content (AvgIpc) is 4.24. The van der Waals surface area contributed by atoms with E-state index in [1.807, 2.05) is 16.0 Å². The Labute approximate surface area is 455 Å². The number of nitrogens with zero attached hydrogens (tertiary/aromatic N) is 4. The molecule has 0 saturated carbocycles. The molecule has 0 aromatic carbocycles. The van der Waals surface area contributed by atoms with Crippen molar-refractivity contribution >= 4 is 71.1 Å². The molecule has 0 aromatic rings.